The Balaban J connectivity index is 2.55. The number of rotatable bonds is 3. The predicted octanol–water partition coefficient (Wildman–Crippen LogP) is 3.12. The highest BCUT2D eigenvalue weighted by Gasteiger charge is 2.05. The first-order chi connectivity index (χ1) is 8.08. The zero-order valence-electron chi connectivity index (χ0n) is 10.9. The number of benzene rings is 1. The van der Waals surface area contributed by atoms with E-state index in [1.54, 1.807) is 0 Å². The fourth-order valence-electron chi connectivity index (χ4n) is 1.85. The molecule has 3 nitrogen and oxygen atoms in total. The molecule has 2 aromatic rings. The molecule has 3 heteroatoms. The molecule has 90 valence electrons. The number of nitrogens with one attached hydrogen (secondary N) is 1. The van der Waals surface area contributed by atoms with Gasteiger partial charge in [0.2, 0.25) is 0 Å². The van der Waals surface area contributed by atoms with Crippen molar-refractivity contribution in [1.29, 1.82) is 0 Å². The van der Waals surface area contributed by atoms with Crippen LogP contribution < -0.4 is 10.2 Å². The van der Waals surface area contributed by atoms with Crippen molar-refractivity contribution in [2.75, 3.05) is 24.3 Å². The van der Waals surface area contributed by atoms with Gasteiger partial charge in [-0.15, -0.1) is 0 Å². The summed E-state index contributed by atoms with van der Waals surface area (Å²) >= 11 is 0. The summed E-state index contributed by atoms with van der Waals surface area (Å²) in [5, 5.41) is 4.63. The summed E-state index contributed by atoms with van der Waals surface area (Å²) in [6.45, 7) is 4.28. The van der Waals surface area contributed by atoms with Crippen LogP contribution in [0.5, 0.6) is 0 Å². The van der Waals surface area contributed by atoms with Crippen molar-refractivity contribution in [3.63, 3.8) is 0 Å². The van der Waals surface area contributed by atoms with E-state index in [0.29, 0.717) is 6.04 Å². The number of anilines is 2. The number of aromatic nitrogens is 1. The Hall–Kier alpha value is -1.77. The SMILES string of the molecule is CC(C)Nc1ccnc2ccc(N(C)C)cc12. The predicted molar refractivity (Wildman–Crippen MR) is 74.8 cm³/mol. The van der Waals surface area contributed by atoms with Crippen molar-refractivity contribution >= 4 is 22.3 Å². The van der Waals surface area contributed by atoms with Crippen LogP contribution in [-0.4, -0.2) is 25.1 Å². The molecule has 1 aromatic heterocycles. The van der Waals surface area contributed by atoms with Crippen LogP contribution in [0.3, 0.4) is 0 Å². The van der Waals surface area contributed by atoms with Crippen LogP contribution in [0.15, 0.2) is 30.5 Å². The topological polar surface area (TPSA) is 28.2 Å². The number of nitrogens with zero attached hydrogens (tertiary/aromatic N) is 2. The lowest BCUT2D eigenvalue weighted by atomic mass is 10.1. The summed E-state index contributed by atoms with van der Waals surface area (Å²) in [4.78, 5) is 6.49. The van der Waals surface area contributed by atoms with Gasteiger partial charge >= 0.3 is 0 Å². The Labute approximate surface area is 102 Å². The molecular formula is C14H19N3. The van der Waals surface area contributed by atoms with E-state index in [2.05, 4.69) is 47.2 Å². The largest absolute Gasteiger partial charge is 0.382 e. The Kier molecular flexibility index (Phi) is 3.18. The van der Waals surface area contributed by atoms with Gasteiger partial charge in [0.05, 0.1) is 5.52 Å². The molecule has 0 bridgehead atoms. The average Bonchev–Trinajstić information content (AvgIpc) is 2.28. The van der Waals surface area contributed by atoms with Crippen LogP contribution in [0.1, 0.15) is 13.8 Å². The Morgan fingerprint density at radius 2 is 1.94 bits per heavy atom. The van der Waals surface area contributed by atoms with E-state index in [-0.39, 0.29) is 0 Å². The zero-order valence-corrected chi connectivity index (χ0v) is 10.9. The summed E-state index contributed by atoms with van der Waals surface area (Å²) in [6, 6.07) is 8.78. The van der Waals surface area contributed by atoms with Gasteiger partial charge in [-0.1, -0.05) is 0 Å². The first kappa shape index (κ1) is 11.7. The van der Waals surface area contributed by atoms with Crippen LogP contribution in [0.25, 0.3) is 10.9 Å². The first-order valence-corrected chi connectivity index (χ1v) is 5.90. The molecule has 0 aliphatic heterocycles. The molecule has 0 aliphatic carbocycles. The third kappa shape index (κ3) is 2.49. The molecule has 0 saturated heterocycles. The quantitative estimate of drug-likeness (QED) is 0.876. The van der Waals surface area contributed by atoms with Gasteiger partial charge in [-0.25, -0.2) is 0 Å². The highest BCUT2D eigenvalue weighted by molar-refractivity contribution is 5.93. The van der Waals surface area contributed by atoms with Crippen molar-refractivity contribution in [3.05, 3.63) is 30.5 Å². The summed E-state index contributed by atoms with van der Waals surface area (Å²) in [7, 11) is 4.10. The average molecular weight is 229 g/mol. The van der Waals surface area contributed by atoms with Gasteiger partial charge in [0.15, 0.2) is 0 Å². The second-order valence-corrected chi connectivity index (χ2v) is 4.75. The molecule has 0 radical (unpaired) electrons. The molecule has 0 aliphatic rings. The third-order valence-electron chi connectivity index (χ3n) is 2.69. The minimum Gasteiger partial charge on any atom is -0.382 e. The maximum Gasteiger partial charge on any atom is 0.0724 e. The summed E-state index contributed by atoms with van der Waals surface area (Å²) in [5.41, 5.74) is 3.37. The van der Waals surface area contributed by atoms with Gasteiger partial charge in [0, 0.05) is 43.1 Å². The van der Waals surface area contributed by atoms with E-state index in [9.17, 15) is 0 Å². The van der Waals surface area contributed by atoms with Gasteiger partial charge < -0.3 is 10.2 Å². The molecule has 2 rings (SSSR count). The monoisotopic (exact) mass is 229 g/mol. The number of fused-ring (bicyclic) bond motifs is 1. The summed E-state index contributed by atoms with van der Waals surface area (Å²) in [5.74, 6) is 0. The summed E-state index contributed by atoms with van der Waals surface area (Å²) < 4.78 is 0. The lowest BCUT2D eigenvalue weighted by Gasteiger charge is -2.16. The van der Waals surface area contributed by atoms with Crippen LogP contribution in [0, 0.1) is 0 Å². The number of hydrogen-bond acceptors (Lipinski definition) is 3. The van der Waals surface area contributed by atoms with Gasteiger partial charge in [-0.05, 0) is 38.1 Å². The molecule has 1 heterocycles. The molecule has 0 atom stereocenters. The molecule has 17 heavy (non-hydrogen) atoms. The minimum atomic E-state index is 0.420. The fraction of sp³-hybridized carbons (Fsp3) is 0.357. The highest BCUT2D eigenvalue weighted by Crippen LogP contribution is 2.26. The fourth-order valence-corrected chi connectivity index (χ4v) is 1.85. The van der Waals surface area contributed by atoms with E-state index in [1.807, 2.05) is 26.4 Å². The van der Waals surface area contributed by atoms with Crippen LogP contribution in [-0.2, 0) is 0 Å². The second kappa shape index (κ2) is 4.62. The van der Waals surface area contributed by atoms with Crippen LogP contribution in [0.4, 0.5) is 11.4 Å². The van der Waals surface area contributed by atoms with E-state index >= 15 is 0 Å². The van der Waals surface area contributed by atoms with Crippen LogP contribution >= 0.6 is 0 Å². The van der Waals surface area contributed by atoms with Gasteiger partial charge in [-0.2, -0.15) is 0 Å². The summed E-state index contributed by atoms with van der Waals surface area (Å²) in [6.07, 6.45) is 1.85. The molecule has 0 spiro atoms. The van der Waals surface area contributed by atoms with E-state index in [1.165, 1.54) is 11.1 Å². The molecule has 1 N–H and O–H groups in total. The van der Waals surface area contributed by atoms with Crippen molar-refractivity contribution < 1.29 is 0 Å². The third-order valence-corrected chi connectivity index (χ3v) is 2.69. The van der Waals surface area contributed by atoms with Crippen molar-refractivity contribution in [1.82, 2.24) is 4.98 Å². The van der Waals surface area contributed by atoms with E-state index < -0.39 is 0 Å². The normalized spacial score (nSPS) is 10.9. The lowest BCUT2D eigenvalue weighted by molar-refractivity contribution is 0.901. The first-order valence-electron chi connectivity index (χ1n) is 5.90. The Morgan fingerprint density at radius 1 is 1.18 bits per heavy atom. The van der Waals surface area contributed by atoms with Crippen molar-refractivity contribution in [2.45, 2.75) is 19.9 Å². The zero-order chi connectivity index (χ0) is 12.4. The molecule has 0 amide bonds. The number of pyridine rings is 1. The number of hydrogen-bond donors (Lipinski definition) is 1. The molecule has 0 fully saturated rings. The molecule has 0 saturated carbocycles. The maximum atomic E-state index is 4.39. The Morgan fingerprint density at radius 3 is 2.59 bits per heavy atom. The van der Waals surface area contributed by atoms with E-state index in [4.69, 9.17) is 0 Å². The van der Waals surface area contributed by atoms with Crippen molar-refractivity contribution in [3.8, 4) is 0 Å². The standard InChI is InChI=1S/C14H19N3/c1-10(2)16-14-7-8-15-13-6-5-11(17(3)4)9-12(13)14/h5-10H,1-4H3,(H,15,16). The second-order valence-electron chi connectivity index (χ2n) is 4.75. The molecule has 1 aromatic carbocycles. The lowest BCUT2D eigenvalue weighted by Crippen LogP contribution is -2.11. The van der Waals surface area contributed by atoms with Gasteiger partial charge in [0.1, 0.15) is 0 Å². The van der Waals surface area contributed by atoms with Crippen LogP contribution in [0.2, 0.25) is 0 Å². The maximum absolute atomic E-state index is 4.39. The molecular weight excluding hydrogens is 210 g/mol. The highest BCUT2D eigenvalue weighted by atomic mass is 15.1. The van der Waals surface area contributed by atoms with Crippen molar-refractivity contribution in [2.24, 2.45) is 0 Å². The van der Waals surface area contributed by atoms with Gasteiger partial charge in [-0.3, -0.25) is 4.98 Å². The molecule has 0 unspecified atom stereocenters. The minimum absolute atomic E-state index is 0.420. The van der Waals surface area contributed by atoms with E-state index in [0.717, 1.165) is 11.2 Å². The smallest absolute Gasteiger partial charge is 0.0724 e. The Bertz CT molecular complexity index is 518. The van der Waals surface area contributed by atoms with Gasteiger partial charge in [0.25, 0.3) is 0 Å².